The molecule has 0 unspecified atom stereocenters. The fourth-order valence-corrected chi connectivity index (χ4v) is 12.5. The van der Waals surface area contributed by atoms with E-state index < -0.39 is 23.9 Å². The third-order valence-electron chi connectivity index (χ3n) is 4.38. The zero-order chi connectivity index (χ0) is 27.4. The number of methoxy groups -OCH3 is 4. The summed E-state index contributed by atoms with van der Waals surface area (Å²) in [6.07, 6.45) is 3.86. The second-order valence-corrected chi connectivity index (χ2v) is 15.8. The molecule has 0 radical (unpaired) electrons. The molecule has 4 aliphatic heterocycles. The Balaban J connectivity index is 1.39. The van der Waals surface area contributed by atoms with Gasteiger partial charge in [0.25, 0.3) is 0 Å². The van der Waals surface area contributed by atoms with Crippen LogP contribution in [-0.2, 0) is 38.1 Å². The molecule has 0 aliphatic carbocycles. The van der Waals surface area contributed by atoms with Crippen molar-refractivity contribution in [3.63, 3.8) is 0 Å². The number of thioether (sulfide) groups is 8. The van der Waals surface area contributed by atoms with Gasteiger partial charge in [-0.1, -0.05) is 94.1 Å². The Labute approximate surface area is 252 Å². The number of carbonyl (C=O) groups excluding carboxylic acids is 4. The van der Waals surface area contributed by atoms with Crippen molar-refractivity contribution in [3.8, 4) is 0 Å². The molecule has 4 rings (SSSR count). The normalized spacial score (nSPS) is 20.9. The summed E-state index contributed by atoms with van der Waals surface area (Å²) in [6.45, 7) is 0. The van der Waals surface area contributed by atoms with Crippen molar-refractivity contribution >= 4 is 118 Å². The third-order valence-corrected chi connectivity index (χ3v) is 14.4. The van der Waals surface area contributed by atoms with Gasteiger partial charge in [0.05, 0.1) is 45.4 Å². The van der Waals surface area contributed by atoms with Crippen LogP contribution in [0.1, 0.15) is 0 Å². The zero-order valence-corrected chi connectivity index (χ0v) is 26.4. The molecular formula is C22H16O8S8. The van der Waals surface area contributed by atoms with E-state index in [0.29, 0.717) is 0 Å². The van der Waals surface area contributed by atoms with E-state index in [4.69, 9.17) is 18.9 Å². The Morgan fingerprint density at radius 3 is 1.08 bits per heavy atom. The van der Waals surface area contributed by atoms with Crippen molar-refractivity contribution in [2.45, 2.75) is 0 Å². The lowest BCUT2D eigenvalue weighted by Gasteiger charge is -2.02. The van der Waals surface area contributed by atoms with Gasteiger partial charge < -0.3 is 18.9 Å². The number of rotatable bonds is 6. The quantitative estimate of drug-likeness (QED) is 0.227. The number of hydrogen-bond donors (Lipinski definition) is 0. The maximum atomic E-state index is 12.1. The lowest BCUT2D eigenvalue weighted by molar-refractivity contribution is -0.138. The molecule has 16 heteroatoms. The molecule has 0 aromatic carbocycles. The van der Waals surface area contributed by atoms with Crippen LogP contribution in [-0.4, -0.2) is 52.3 Å². The summed E-state index contributed by atoms with van der Waals surface area (Å²) >= 11 is 11.1. The van der Waals surface area contributed by atoms with Gasteiger partial charge in [0.1, 0.15) is 19.6 Å². The number of hydrogen-bond acceptors (Lipinski definition) is 16. The lowest BCUT2D eigenvalue weighted by atomic mass is 10.5. The average molecular weight is 665 g/mol. The van der Waals surface area contributed by atoms with Crippen LogP contribution in [0.25, 0.3) is 0 Å². The van der Waals surface area contributed by atoms with Crippen LogP contribution in [0, 0.1) is 0 Å². The SMILES string of the molecule is COC(=O)C1=C(C(=O)OC)SC(=CC2=CS/C(=C3\SC=C(C=C4SC(C(=O)OC)=C(C(=O)OC)S4)S3)S2)S1. The fraction of sp³-hybridized carbons (Fsp3) is 0.182. The van der Waals surface area contributed by atoms with E-state index in [0.717, 1.165) is 26.8 Å². The Bertz CT molecular complexity index is 1170. The van der Waals surface area contributed by atoms with Crippen molar-refractivity contribution in [1.82, 2.24) is 0 Å². The van der Waals surface area contributed by atoms with Gasteiger partial charge in [0.2, 0.25) is 0 Å². The molecule has 0 aromatic rings. The minimum atomic E-state index is -0.575. The van der Waals surface area contributed by atoms with E-state index in [1.54, 1.807) is 47.0 Å². The molecule has 0 aromatic heterocycles. The van der Waals surface area contributed by atoms with Gasteiger partial charge >= 0.3 is 23.9 Å². The predicted molar refractivity (Wildman–Crippen MR) is 162 cm³/mol. The first kappa shape index (κ1) is 29.8. The highest BCUT2D eigenvalue weighted by molar-refractivity contribution is 8.34. The van der Waals surface area contributed by atoms with Crippen LogP contribution in [0.4, 0.5) is 0 Å². The van der Waals surface area contributed by atoms with Crippen LogP contribution in [0.15, 0.2) is 69.3 Å². The standard InChI is InChI=1S/C22H16O8S8/c1-27-17(23)13-14(18(24)28-2)36-11(35-13)5-9-7-31-21(33-9)22-32-8-10(34-22)6-12-37-15(19(25)29-3)16(38-12)20(26)30-4/h5-8H,1-4H3/b22-21-. The molecule has 0 saturated heterocycles. The number of esters is 4. The highest BCUT2D eigenvalue weighted by atomic mass is 32.2. The van der Waals surface area contributed by atoms with Gasteiger partial charge in [-0.05, 0) is 23.0 Å². The van der Waals surface area contributed by atoms with E-state index in [9.17, 15) is 19.2 Å². The molecular weight excluding hydrogens is 649 g/mol. The lowest BCUT2D eigenvalue weighted by Crippen LogP contribution is -2.08. The van der Waals surface area contributed by atoms with Gasteiger partial charge in [-0.2, -0.15) is 0 Å². The first-order chi connectivity index (χ1) is 18.3. The highest BCUT2D eigenvalue weighted by Crippen LogP contribution is 2.59. The molecule has 0 bridgehead atoms. The molecule has 0 fully saturated rings. The van der Waals surface area contributed by atoms with Gasteiger partial charge in [0.15, 0.2) is 0 Å². The van der Waals surface area contributed by atoms with E-state index in [1.807, 2.05) is 23.0 Å². The van der Waals surface area contributed by atoms with Crippen molar-refractivity contribution in [2.24, 2.45) is 0 Å². The van der Waals surface area contributed by atoms with Crippen molar-refractivity contribution in [2.75, 3.05) is 28.4 Å². The van der Waals surface area contributed by atoms with Crippen LogP contribution in [0.2, 0.25) is 0 Å². The van der Waals surface area contributed by atoms with E-state index >= 15 is 0 Å². The third kappa shape index (κ3) is 6.77. The molecule has 200 valence electrons. The molecule has 0 amide bonds. The van der Waals surface area contributed by atoms with Gasteiger partial charge in [-0.3, -0.25) is 0 Å². The van der Waals surface area contributed by atoms with Crippen molar-refractivity contribution in [3.05, 3.63) is 69.3 Å². The largest absolute Gasteiger partial charge is 0.465 e. The molecule has 0 atom stereocenters. The Morgan fingerprint density at radius 1 is 0.526 bits per heavy atom. The first-order valence-corrected chi connectivity index (χ1v) is 16.7. The maximum Gasteiger partial charge on any atom is 0.346 e. The predicted octanol–water partition coefficient (Wildman–Crippen LogP) is 6.51. The van der Waals surface area contributed by atoms with Gasteiger partial charge in [-0.15, -0.1) is 0 Å². The topological polar surface area (TPSA) is 105 Å². The Hall–Kier alpha value is -1.14. The van der Waals surface area contributed by atoms with E-state index in [1.165, 1.54) is 75.5 Å². The summed E-state index contributed by atoms with van der Waals surface area (Å²) in [5, 5.41) is 4.04. The van der Waals surface area contributed by atoms with Crippen LogP contribution < -0.4 is 0 Å². The minimum absolute atomic E-state index is 0.220. The van der Waals surface area contributed by atoms with Crippen molar-refractivity contribution in [1.29, 1.82) is 0 Å². The zero-order valence-electron chi connectivity index (χ0n) is 19.8. The average Bonchev–Trinajstić information content (AvgIpc) is 3.73. The summed E-state index contributed by atoms with van der Waals surface area (Å²) in [6, 6.07) is 0. The highest BCUT2D eigenvalue weighted by Gasteiger charge is 2.34. The van der Waals surface area contributed by atoms with Crippen molar-refractivity contribution < 1.29 is 38.1 Å². The molecule has 8 nitrogen and oxygen atoms in total. The Morgan fingerprint density at radius 2 is 0.816 bits per heavy atom. The Kier molecular flexibility index (Phi) is 10.6. The molecule has 0 spiro atoms. The van der Waals surface area contributed by atoms with Crippen LogP contribution in [0.5, 0.6) is 0 Å². The summed E-state index contributed by atoms with van der Waals surface area (Å²) in [5.74, 6) is -2.30. The molecule has 38 heavy (non-hydrogen) atoms. The van der Waals surface area contributed by atoms with Gasteiger partial charge in [-0.25, -0.2) is 19.2 Å². The second-order valence-electron chi connectivity index (χ2n) is 6.67. The van der Waals surface area contributed by atoms with Crippen LogP contribution >= 0.6 is 94.1 Å². The molecule has 0 saturated carbocycles. The summed E-state index contributed by atoms with van der Waals surface area (Å²) in [4.78, 5) is 51.2. The van der Waals surface area contributed by atoms with E-state index in [-0.39, 0.29) is 19.6 Å². The maximum absolute atomic E-state index is 12.1. The second kappa shape index (κ2) is 13.5. The van der Waals surface area contributed by atoms with Crippen LogP contribution in [0.3, 0.4) is 0 Å². The summed E-state index contributed by atoms with van der Waals surface area (Å²) < 4.78 is 23.0. The number of allylic oxidation sites excluding steroid dienone is 2. The van der Waals surface area contributed by atoms with Gasteiger partial charge in [0, 0.05) is 9.81 Å². The molecule has 4 aliphatic rings. The summed E-state index contributed by atoms with van der Waals surface area (Å²) in [7, 11) is 5.09. The minimum Gasteiger partial charge on any atom is -0.465 e. The molecule has 0 N–H and O–H groups in total. The fourth-order valence-electron chi connectivity index (χ4n) is 2.73. The van der Waals surface area contributed by atoms with E-state index in [2.05, 4.69) is 0 Å². The smallest absolute Gasteiger partial charge is 0.346 e. The number of ether oxygens (including phenoxy) is 4. The first-order valence-electron chi connectivity index (χ1n) is 10.1. The number of carbonyl (C=O) groups is 4. The summed E-state index contributed by atoms with van der Waals surface area (Å²) in [5.41, 5.74) is 0. The molecule has 4 heterocycles. The monoisotopic (exact) mass is 664 g/mol.